The minimum absolute atomic E-state index is 0.293. The number of urea groups is 1. The first kappa shape index (κ1) is 17.5. The minimum atomic E-state index is -0.293. The maximum absolute atomic E-state index is 12.0. The summed E-state index contributed by atoms with van der Waals surface area (Å²) in [5.74, 6) is 2.00. The van der Waals surface area contributed by atoms with E-state index in [2.05, 4.69) is 10.6 Å². The number of hydrogen-bond acceptors (Lipinski definition) is 4. The molecule has 6 nitrogen and oxygen atoms in total. The quantitative estimate of drug-likeness (QED) is 0.816. The average molecular weight is 330 g/mol. The Morgan fingerprint density at radius 3 is 2.38 bits per heavy atom. The lowest BCUT2D eigenvalue weighted by Crippen LogP contribution is -2.28. The molecule has 0 bridgehead atoms. The summed E-state index contributed by atoms with van der Waals surface area (Å²) in [6, 6.07) is 12.5. The van der Waals surface area contributed by atoms with Crippen LogP contribution in [0.4, 0.5) is 10.5 Å². The topological polar surface area (TPSA) is 68.8 Å². The van der Waals surface area contributed by atoms with Crippen molar-refractivity contribution in [3.63, 3.8) is 0 Å². The van der Waals surface area contributed by atoms with Gasteiger partial charge in [0.05, 0.1) is 20.8 Å². The second kappa shape index (κ2) is 8.67. The molecule has 0 spiro atoms. The standard InChI is InChI=1S/C18H22N2O4/c1-4-24-17-11-14(7-10-16(17)23-3)20-18(21)19-12-13-5-8-15(22-2)9-6-13/h5-11H,4,12H2,1-3H3,(H2,19,20,21). The number of carbonyl (C=O) groups is 1. The van der Waals surface area contributed by atoms with Gasteiger partial charge in [-0.3, -0.25) is 0 Å². The molecule has 0 fully saturated rings. The van der Waals surface area contributed by atoms with E-state index in [4.69, 9.17) is 14.2 Å². The van der Waals surface area contributed by atoms with Crippen molar-refractivity contribution in [2.45, 2.75) is 13.5 Å². The summed E-state index contributed by atoms with van der Waals surface area (Å²) < 4.78 is 15.8. The monoisotopic (exact) mass is 330 g/mol. The highest BCUT2D eigenvalue weighted by Crippen LogP contribution is 2.30. The van der Waals surface area contributed by atoms with Crippen LogP contribution in [0.1, 0.15) is 12.5 Å². The van der Waals surface area contributed by atoms with Gasteiger partial charge in [0.1, 0.15) is 5.75 Å². The molecule has 2 rings (SSSR count). The second-order valence-electron chi connectivity index (χ2n) is 4.95. The van der Waals surface area contributed by atoms with Gasteiger partial charge in [-0.15, -0.1) is 0 Å². The summed E-state index contributed by atoms with van der Waals surface area (Å²) in [5.41, 5.74) is 1.61. The Morgan fingerprint density at radius 1 is 1.00 bits per heavy atom. The Balaban J connectivity index is 1.92. The lowest BCUT2D eigenvalue weighted by molar-refractivity contribution is 0.251. The van der Waals surface area contributed by atoms with Crippen molar-refractivity contribution in [3.05, 3.63) is 48.0 Å². The van der Waals surface area contributed by atoms with Gasteiger partial charge in [0.2, 0.25) is 0 Å². The number of ether oxygens (including phenoxy) is 3. The van der Waals surface area contributed by atoms with Crippen molar-refractivity contribution in [3.8, 4) is 17.2 Å². The highest BCUT2D eigenvalue weighted by Gasteiger charge is 2.08. The van der Waals surface area contributed by atoms with Gasteiger partial charge in [0, 0.05) is 18.3 Å². The largest absolute Gasteiger partial charge is 0.497 e. The van der Waals surface area contributed by atoms with Crippen molar-refractivity contribution in [1.29, 1.82) is 0 Å². The molecule has 0 unspecified atom stereocenters. The molecule has 0 radical (unpaired) electrons. The van der Waals surface area contributed by atoms with Crippen LogP contribution in [0.15, 0.2) is 42.5 Å². The first-order chi connectivity index (χ1) is 11.7. The van der Waals surface area contributed by atoms with E-state index in [-0.39, 0.29) is 6.03 Å². The lowest BCUT2D eigenvalue weighted by atomic mass is 10.2. The number of methoxy groups -OCH3 is 2. The van der Waals surface area contributed by atoms with E-state index < -0.39 is 0 Å². The molecule has 2 amide bonds. The lowest BCUT2D eigenvalue weighted by Gasteiger charge is -2.12. The molecule has 0 saturated carbocycles. The summed E-state index contributed by atoms with van der Waals surface area (Å²) >= 11 is 0. The van der Waals surface area contributed by atoms with Crippen LogP contribution in [0.3, 0.4) is 0 Å². The molecule has 0 aliphatic carbocycles. The fraction of sp³-hybridized carbons (Fsp3) is 0.278. The molecule has 24 heavy (non-hydrogen) atoms. The zero-order chi connectivity index (χ0) is 17.4. The van der Waals surface area contributed by atoms with E-state index in [9.17, 15) is 4.79 Å². The molecule has 0 atom stereocenters. The van der Waals surface area contributed by atoms with Crippen LogP contribution in [0, 0.1) is 0 Å². The summed E-state index contributed by atoms with van der Waals surface area (Å²) in [5, 5.41) is 5.58. The maximum Gasteiger partial charge on any atom is 0.319 e. The predicted molar refractivity (Wildman–Crippen MR) is 93.0 cm³/mol. The van der Waals surface area contributed by atoms with Crippen molar-refractivity contribution in [1.82, 2.24) is 5.32 Å². The normalized spacial score (nSPS) is 9.96. The van der Waals surface area contributed by atoms with Gasteiger partial charge in [0.15, 0.2) is 11.5 Å². The third-order valence-electron chi connectivity index (χ3n) is 3.33. The van der Waals surface area contributed by atoms with Crippen molar-refractivity contribution in [2.75, 3.05) is 26.1 Å². The summed E-state index contributed by atoms with van der Waals surface area (Å²) in [4.78, 5) is 12.0. The maximum atomic E-state index is 12.0. The number of amides is 2. The van der Waals surface area contributed by atoms with Gasteiger partial charge in [-0.2, -0.15) is 0 Å². The predicted octanol–water partition coefficient (Wildman–Crippen LogP) is 3.42. The Bertz CT molecular complexity index is 671. The van der Waals surface area contributed by atoms with Gasteiger partial charge < -0.3 is 24.8 Å². The van der Waals surface area contributed by atoms with Crippen molar-refractivity contribution < 1.29 is 19.0 Å². The number of benzene rings is 2. The zero-order valence-corrected chi connectivity index (χ0v) is 14.1. The number of carbonyl (C=O) groups excluding carboxylic acids is 1. The Morgan fingerprint density at radius 2 is 1.75 bits per heavy atom. The van der Waals surface area contributed by atoms with Crippen LogP contribution in [-0.4, -0.2) is 26.9 Å². The summed E-state index contributed by atoms with van der Waals surface area (Å²) in [7, 11) is 3.19. The third-order valence-corrected chi connectivity index (χ3v) is 3.33. The van der Waals surface area contributed by atoms with E-state index in [0.29, 0.717) is 30.3 Å². The number of nitrogens with one attached hydrogen (secondary N) is 2. The van der Waals surface area contributed by atoms with Crippen LogP contribution in [0.5, 0.6) is 17.2 Å². The Hall–Kier alpha value is -2.89. The molecule has 6 heteroatoms. The molecule has 128 valence electrons. The summed E-state index contributed by atoms with van der Waals surface area (Å²) in [6.45, 7) is 2.83. The van der Waals surface area contributed by atoms with Crippen LogP contribution in [-0.2, 0) is 6.54 Å². The van der Waals surface area contributed by atoms with E-state index in [0.717, 1.165) is 11.3 Å². The molecule has 2 aromatic rings. The zero-order valence-electron chi connectivity index (χ0n) is 14.1. The highest BCUT2D eigenvalue weighted by atomic mass is 16.5. The smallest absolute Gasteiger partial charge is 0.319 e. The first-order valence-corrected chi connectivity index (χ1v) is 7.65. The Kier molecular flexibility index (Phi) is 6.31. The van der Waals surface area contributed by atoms with E-state index in [1.54, 1.807) is 32.4 Å². The van der Waals surface area contributed by atoms with Gasteiger partial charge in [0.25, 0.3) is 0 Å². The molecule has 2 aromatic carbocycles. The minimum Gasteiger partial charge on any atom is -0.497 e. The molecule has 0 saturated heterocycles. The van der Waals surface area contributed by atoms with Gasteiger partial charge in [-0.1, -0.05) is 12.1 Å². The summed E-state index contributed by atoms with van der Waals surface area (Å²) in [6.07, 6.45) is 0. The first-order valence-electron chi connectivity index (χ1n) is 7.65. The highest BCUT2D eigenvalue weighted by molar-refractivity contribution is 5.89. The number of hydrogen-bond donors (Lipinski definition) is 2. The molecule has 0 heterocycles. The molecule has 0 aliphatic heterocycles. The van der Waals surface area contributed by atoms with Gasteiger partial charge in [-0.05, 0) is 36.8 Å². The molecule has 0 aromatic heterocycles. The van der Waals surface area contributed by atoms with Gasteiger partial charge >= 0.3 is 6.03 Å². The SMILES string of the molecule is CCOc1cc(NC(=O)NCc2ccc(OC)cc2)ccc1OC. The van der Waals surface area contributed by atoms with E-state index >= 15 is 0 Å². The van der Waals surface area contributed by atoms with Crippen LogP contribution >= 0.6 is 0 Å². The van der Waals surface area contributed by atoms with Crippen LogP contribution in [0.25, 0.3) is 0 Å². The fourth-order valence-corrected chi connectivity index (χ4v) is 2.12. The van der Waals surface area contributed by atoms with E-state index in [1.165, 1.54) is 0 Å². The van der Waals surface area contributed by atoms with Crippen LogP contribution in [0.2, 0.25) is 0 Å². The fourth-order valence-electron chi connectivity index (χ4n) is 2.12. The molecule has 0 aliphatic rings. The molecular formula is C18H22N2O4. The average Bonchev–Trinajstić information content (AvgIpc) is 2.61. The third kappa shape index (κ3) is 4.81. The second-order valence-corrected chi connectivity index (χ2v) is 4.95. The Labute approximate surface area is 141 Å². The number of anilines is 1. The van der Waals surface area contributed by atoms with Gasteiger partial charge in [-0.25, -0.2) is 4.79 Å². The molecular weight excluding hydrogens is 308 g/mol. The number of rotatable bonds is 7. The van der Waals surface area contributed by atoms with Crippen molar-refractivity contribution >= 4 is 11.7 Å². The van der Waals surface area contributed by atoms with Crippen LogP contribution < -0.4 is 24.8 Å². The van der Waals surface area contributed by atoms with E-state index in [1.807, 2.05) is 31.2 Å². The molecule has 2 N–H and O–H groups in total. The van der Waals surface area contributed by atoms with Crippen molar-refractivity contribution in [2.24, 2.45) is 0 Å².